The second-order valence-electron chi connectivity index (χ2n) is 6.29. The van der Waals surface area contributed by atoms with Crippen molar-refractivity contribution in [1.29, 1.82) is 0 Å². The zero-order chi connectivity index (χ0) is 14.0. The van der Waals surface area contributed by atoms with Crippen LogP contribution in [0.5, 0.6) is 0 Å². The van der Waals surface area contributed by atoms with Gasteiger partial charge in [0.1, 0.15) is 0 Å². The Hall–Kier alpha value is -0.510. The Bertz CT molecular complexity index is 411. The quantitative estimate of drug-likeness (QED) is 0.920. The summed E-state index contributed by atoms with van der Waals surface area (Å²) in [6.45, 7) is 11.2. The van der Waals surface area contributed by atoms with Gasteiger partial charge in [-0.1, -0.05) is 29.8 Å². The molecule has 1 aliphatic heterocycles. The zero-order valence-electron chi connectivity index (χ0n) is 12.5. The van der Waals surface area contributed by atoms with E-state index in [1.807, 2.05) is 0 Å². The van der Waals surface area contributed by atoms with Gasteiger partial charge in [0.05, 0.1) is 0 Å². The first-order chi connectivity index (χ1) is 8.89. The van der Waals surface area contributed by atoms with Gasteiger partial charge in [-0.15, -0.1) is 0 Å². The van der Waals surface area contributed by atoms with Crippen LogP contribution in [-0.2, 0) is 0 Å². The first-order valence-electron chi connectivity index (χ1n) is 7.09. The molecule has 2 atom stereocenters. The number of nitrogens with two attached hydrogens (primary N) is 1. The lowest BCUT2D eigenvalue weighted by Gasteiger charge is -2.43. The SMILES string of the molecule is Cc1ccc(C(C(C)N)N2CCSC(C)(C)C2)cc1. The highest BCUT2D eigenvalue weighted by molar-refractivity contribution is 8.00. The number of benzene rings is 1. The highest BCUT2D eigenvalue weighted by atomic mass is 32.2. The molecule has 2 rings (SSSR count). The third-order valence-electron chi connectivity index (χ3n) is 3.77. The molecule has 1 heterocycles. The zero-order valence-corrected chi connectivity index (χ0v) is 13.3. The molecule has 106 valence electrons. The maximum atomic E-state index is 6.28. The monoisotopic (exact) mass is 278 g/mol. The minimum Gasteiger partial charge on any atom is -0.326 e. The van der Waals surface area contributed by atoms with Crippen LogP contribution >= 0.6 is 11.8 Å². The minimum absolute atomic E-state index is 0.154. The number of aryl methyl sites for hydroxylation is 1. The summed E-state index contributed by atoms with van der Waals surface area (Å²) in [7, 11) is 0. The molecule has 0 radical (unpaired) electrons. The average molecular weight is 278 g/mol. The van der Waals surface area contributed by atoms with Crippen molar-refractivity contribution in [2.75, 3.05) is 18.8 Å². The summed E-state index contributed by atoms with van der Waals surface area (Å²) in [6.07, 6.45) is 0. The van der Waals surface area contributed by atoms with Crippen LogP contribution in [0, 0.1) is 6.92 Å². The van der Waals surface area contributed by atoms with Crippen molar-refractivity contribution in [2.45, 2.75) is 44.5 Å². The molecule has 0 aromatic heterocycles. The van der Waals surface area contributed by atoms with Crippen molar-refractivity contribution in [3.8, 4) is 0 Å². The molecule has 19 heavy (non-hydrogen) atoms. The number of nitrogens with zero attached hydrogens (tertiary/aromatic N) is 1. The lowest BCUT2D eigenvalue weighted by molar-refractivity contribution is 0.168. The Balaban J connectivity index is 2.22. The van der Waals surface area contributed by atoms with E-state index in [4.69, 9.17) is 5.73 Å². The molecule has 0 amide bonds. The maximum absolute atomic E-state index is 6.28. The Kier molecular flexibility index (Phi) is 4.59. The number of hydrogen-bond acceptors (Lipinski definition) is 3. The molecule has 2 nitrogen and oxygen atoms in total. The molecule has 1 saturated heterocycles. The van der Waals surface area contributed by atoms with Crippen LogP contribution in [0.4, 0.5) is 0 Å². The molecule has 0 bridgehead atoms. The van der Waals surface area contributed by atoms with Gasteiger partial charge in [0.2, 0.25) is 0 Å². The van der Waals surface area contributed by atoms with Gasteiger partial charge < -0.3 is 5.73 Å². The van der Waals surface area contributed by atoms with Gasteiger partial charge >= 0.3 is 0 Å². The van der Waals surface area contributed by atoms with E-state index in [9.17, 15) is 0 Å². The van der Waals surface area contributed by atoms with E-state index in [1.54, 1.807) is 0 Å². The Morgan fingerprint density at radius 3 is 2.42 bits per heavy atom. The summed E-state index contributed by atoms with van der Waals surface area (Å²) in [4.78, 5) is 2.56. The molecule has 1 fully saturated rings. The van der Waals surface area contributed by atoms with E-state index < -0.39 is 0 Å². The van der Waals surface area contributed by atoms with E-state index >= 15 is 0 Å². The molecule has 3 heteroatoms. The van der Waals surface area contributed by atoms with Crippen molar-refractivity contribution in [3.63, 3.8) is 0 Å². The summed E-state index contributed by atoms with van der Waals surface area (Å²) in [5.74, 6) is 1.20. The van der Waals surface area contributed by atoms with Crippen LogP contribution in [-0.4, -0.2) is 34.5 Å². The number of rotatable bonds is 3. The Labute approximate surface area is 121 Å². The highest BCUT2D eigenvalue weighted by Crippen LogP contribution is 2.35. The summed E-state index contributed by atoms with van der Waals surface area (Å²) < 4.78 is 0.329. The molecule has 2 unspecified atom stereocenters. The molecular weight excluding hydrogens is 252 g/mol. The van der Waals surface area contributed by atoms with Gasteiger partial charge in [0.25, 0.3) is 0 Å². The summed E-state index contributed by atoms with van der Waals surface area (Å²) >= 11 is 2.07. The first kappa shape index (κ1) is 14.9. The van der Waals surface area contributed by atoms with Crippen LogP contribution in [0.25, 0.3) is 0 Å². The predicted molar refractivity (Wildman–Crippen MR) is 85.7 cm³/mol. The molecule has 0 aliphatic carbocycles. The van der Waals surface area contributed by atoms with Gasteiger partial charge in [-0.2, -0.15) is 11.8 Å². The number of hydrogen-bond donors (Lipinski definition) is 1. The molecule has 2 N–H and O–H groups in total. The summed E-state index contributed by atoms with van der Waals surface area (Å²) in [5.41, 5.74) is 8.94. The third-order valence-corrected chi connectivity index (χ3v) is 5.06. The predicted octanol–water partition coefficient (Wildman–Crippen LogP) is 3.21. The molecular formula is C16H26N2S. The Morgan fingerprint density at radius 2 is 1.89 bits per heavy atom. The second-order valence-corrected chi connectivity index (χ2v) is 8.10. The van der Waals surface area contributed by atoms with Gasteiger partial charge in [-0.25, -0.2) is 0 Å². The summed E-state index contributed by atoms with van der Waals surface area (Å²) in [5, 5.41) is 0. The molecule has 1 aliphatic rings. The molecule has 1 aromatic carbocycles. The normalized spacial score (nSPS) is 23.0. The van der Waals surface area contributed by atoms with Crippen molar-refractivity contribution >= 4 is 11.8 Å². The fraction of sp³-hybridized carbons (Fsp3) is 0.625. The Morgan fingerprint density at radius 1 is 1.26 bits per heavy atom. The standard InChI is InChI=1S/C16H26N2S/c1-12-5-7-14(8-6-12)15(13(2)17)18-9-10-19-16(3,4)11-18/h5-8,13,15H,9-11,17H2,1-4H3. The van der Waals surface area contributed by atoms with Crippen molar-refractivity contribution in [3.05, 3.63) is 35.4 Å². The summed E-state index contributed by atoms with van der Waals surface area (Å²) in [6, 6.07) is 9.33. The van der Waals surface area contributed by atoms with Crippen LogP contribution in [0.1, 0.15) is 37.9 Å². The lowest BCUT2D eigenvalue weighted by atomic mass is 9.97. The van der Waals surface area contributed by atoms with E-state index in [0.29, 0.717) is 10.8 Å². The average Bonchev–Trinajstić information content (AvgIpc) is 2.30. The second kappa shape index (κ2) is 5.86. The molecule has 1 aromatic rings. The first-order valence-corrected chi connectivity index (χ1v) is 8.08. The maximum Gasteiger partial charge on any atom is 0.0497 e. The van der Waals surface area contributed by atoms with Crippen molar-refractivity contribution in [1.82, 2.24) is 4.90 Å². The number of thioether (sulfide) groups is 1. The van der Waals surface area contributed by atoms with Gasteiger partial charge in [-0.3, -0.25) is 4.90 Å². The van der Waals surface area contributed by atoms with Crippen LogP contribution in [0.3, 0.4) is 0 Å². The van der Waals surface area contributed by atoms with E-state index in [0.717, 1.165) is 13.1 Å². The topological polar surface area (TPSA) is 29.3 Å². The highest BCUT2D eigenvalue weighted by Gasteiger charge is 2.33. The van der Waals surface area contributed by atoms with E-state index in [2.05, 4.69) is 68.6 Å². The third kappa shape index (κ3) is 3.74. The molecule has 0 spiro atoms. The van der Waals surface area contributed by atoms with Gasteiger partial charge in [0.15, 0.2) is 0 Å². The minimum atomic E-state index is 0.154. The van der Waals surface area contributed by atoms with Crippen LogP contribution in [0.2, 0.25) is 0 Å². The van der Waals surface area contributed by atoms with Crippen molar-refractivity contribution < 1.29 is 0 Å². The van der Waals surface area contributed by atoms with Crippen LogP contribution < -0.4 is 5.73 Å². The van der Waals surface area contributed by atoms with Gasteiger partial charge in [0, 0.05) is 35.7 Å². The van der Waals surface area contributed by atoms with E-state index in [-0.39, 0.29) is 6.04 Å². The largest absolute Gasteiger partial charge is 0.326 e. The fourth-order valence-electron chi connectivity index (χ4n) is 2.90. The van der Waals surface area contributed by atoms with Crippen molar-refractivity contribution in [2.24, 2.45) is 5.73 Å². The smallest absolute Gasteiger partial charge is 0.0497 e. The lowest BCUT2D eigenvalue weighted by Crippen LogP contribution is -2.49. The van der Waals surface area contributed by atoms with E-state index in [1.165, 1.54) is 16.9 Å². The van der Waals surface area contributed by atoms with Crippen LogP contribution in [0.15, 0.2) is 24.3 Å². The molecule has 0 saturated carbocycles. The van der Waals surface area contributed by atoms with Gasteiger partial charge in [-0.05, 0) is 33.3 Å². The fourth-order valence-corrected chi connectivity index (χ4v) is 4.04.